The highest BCUT2D eigenvalue weighted by molar-refractivity contribution is 9.10. The number of nitrogens with zero attached hydrogens (tertiary/aromatic N) is 2. The summed E-state index contributed by atoms with van der Waals surface area (Å²) in [5.74, 6) is 0.0346. The van der Waals surface area contributed by atoms with E-state index in [0.29, 0.717) is 21.6 Å². The van der Waals surface area contributed by atoms with Crippen molar-refractivity contribution < 1.29 is 4.79 Å². The van der Waals surface area contributed by atoms with Crippen LogP contribution in [0.25, 0.3) is 0 Å². The third-order valence-electron chi connectivity index (χ3n) is 2.77. The van der Waals surface area contributed by atoms with Crippen molar-refractivity contribution >= 4 is 39.3 Å². The van der Waals surface area contributed by atoms with Crippen LogP contribution >= 0.6 is 27.5 Å². The van der Waals surface area contributed by atoms with Gasteiger partial charge in [0.05, 0.1) is 5.56 Å². The Hall–Kier alpha value is -1.59. The van der Waals surface area contributed by atoms with Crippen molar-refractivity contribution in [1.82, 2.24) is 9.88 Å². The summed E-state index contributed by atoms with van der Waals surface area (Å²) in [6.45, 7) is 0.450. The molecule has 20 heavy (non-hydrogen) atoms. The Morgan fingerprint density at radius 2 is 2.20 bits per heavy atom. The number of anilines is 1. The van der Waals surface area contributed by atoms with Gasteiger partial charge < -0.3 is 10.6 Å². The predicted molar refractivity (Wildman–Crippen MR) is 83.6 cm³/mol. The molecule has 0 unspecified atom stereocenters. The van der Waals surface area contributed by atoms with E-state index in [1.807, 2.05) is 18.2 Å². The molecule has 0 aliphatic heterocycles. The van der Waals surface area contributed by atoms with Gasteiger partial charge >= 0.3 is 0 Å². The zero-order valence-corrected chi connectivity index (χ0v) is 13.1. The van der Waals surface area contributed by atoms with Crippen LogP contribution in [0.2, 0.25) is 5.02 Å². The number of aromatic nitrogens is 1. The van der Waals surface area contributed by atoms with Crippen LogP contribution in [0.15, 0.2) is 41.0 Å². The van der Waals surface area contributed by atoms with E-state index >= 15 is 0 Å². The number of nitrogen functional groups attached to an aromatic ring is 1. The van der Waals surface area contributed by atoms with Gasteiger partial charge in [0.15, 0.2) is 0 Å². The van der Waals surface area contributed by atoms with Crippen LogP contribution < -0.4 is 5.73 Å². The molecule has 0 saturated carbocycles. The molecular formula is C14H13BrClN3O. The molecule has 0 saturated heterocycles. The second kappa shape index (κ2) is 6.24. The van der Waals surface area contributed by atoms with Gasteiger partial charge in [-0.1, -0.05) is 23.7 Å². The van der Waals surface area contributed by atoms with Gasteiger partial charge in [0.1, 0.15) is 5.82 Å². The second-order valence-corrected chi connectivity index (χ2v) is 5.73. The van der Waals surface area contributed by atoms with E-state index in [-0.39, 0.29) is 11.7 Å². The van der Waals surface area contributed by atoms with Gasteiger partial charge in [0.2, 0.25) is 0 Å². The monoisotopic (exact) mass is 353 g/mol. The molecule has 0 atom stereocenters. The van der Waals surface area contributed by atoms with E-state index in [9.17, 15) is 4.79 Å². The molecule has 4 nitrogen and oxygen atoms in total. The first-order valence-corrected chi connectivity index (χ1v) is 7.05. The molecular weight excluding hydrogens is 342 g/mol. The number of benzene rings is 1. The minimum atomic E-state index is -0.184. The number of pyridine rings is 1. The Morgan fingerprint density at radius 3 is 2.90 bits per heavy atom. The minimum absolute atomic E-state index is 0.184. The van der Waals surface area contributed by atoms with Crippen molar-refractivity contribution in [2.24, 2.45) is 0 Å². The molecule has 2 rings (SSSR count). The number of nitrogens with two attached hydrogens (primary N) is 1. The second-order valence-electron chi connectivity index (χ2n) is 4.38. The lowest BCUT2D eigenvalue weighted by Gasteiger charge is -2.18. The lowest BCUT2D eigenvalue weighted by atomic mass is 10.2. The zero-order chi connectivity index (χ0) is 14.7. The first-order valence-electron chi connectivity index (χ1n) is 5.88. The largest absolute Gasteiger partial charge is 0.383 e. The number of carbonyl (C=O) groups excluding carboxylic acids is 1. The Kier molecular flexibility index (Phi) is 4.62. The van der Waals surface area contributed by atoms with Gasteiger partial charge in [-0.15, -0.1) is 0 Å². The first-order chi connectivity index (χ1) is 9.47. The van der Waals surface area contributed by atoms with Gasteiger partial charge in [-0.25, -0.2) is 4.98 Å². The summed E-state index contributed by atoms with van der Waals surface area (Å²) in [6.07, 6.45) is 1.56. The fraction of sp³-hybridized carbons (Fsp3) is 0.143. The Bertz CT molecular complexity index is 648. The van der Waals surface area contributed by atoms with Crippen molar-refractivity contribution in [3.05, 3.63) is 57.2 Å². The topological polar surface area (TPSA) is 59.2 Å². The molecule has 0 fully saturated rings. The van der Waals surface area contributed by atoms with Gasteiger partial charge in [-0.2, -0.15) is 0 Å². The smallest absolute Gasteiger partial charge is 0.257 e. The van der Waals surface area contributed by atoms with Crippen molar-refractivity contribution in [2.75, 3.05) is 12.8 Å². The van der Waals surface area contributed by atoms with Gasteiger partial charge in [-0.05, 0) is 39.7 Å². The van der Waals surface area contributed by atoms with Crippen LogP contribution in [0.4, 0.5) is 5.82 Å². The fourth-order valence-electron chi connectivity index (χ4n) is 1.81. The molecule has 0 radical (unpaired) electrons. The van der Waals surface area contributed by atoms with Crippen LogP contribution in [0.1, 0.15) is 15.9 Å². The third-order valence-corrected chi connectivity index (χ3v) is 3.44. The quantitative estimate of drug-likeness (QED) is 0.919. The van der Waals surface area contributed by atoms with E-state index in [0.717, 1.165) is 5.56 Å². The molecule has 6 heteroatoms. The van der Waals surface area contributed by atoms with Crippen LogP contribution in [-0.4, -0.2) is 22.8 Å². The molecule has 104 valence electrons. The number of hydrogen-bond acceptors (Lipinski definition) is 3. The molecule has 0 spiro atoms. The summed E-state index contributed by atoms with van der Waals surface area (Å²) >= 11 is 9.22. The molecule has 2 N–H and O–H groups in total. The maximum Gasteiger partial charge on any atom is 0.257 e. The molecule has 0 aliphatic carbocycles. The average molecular weight is 355 g/mol. The van der Waals surface area contributed by atoms with E-state index < -0.39 is 0 Å². The predicted octanol–water partition coefficient (Wildman–Crippen LogP) is 3.35. The summed E-state index contributed by atoms with van der Waals surface area (Å²) < 4.78 is 0.714. The maximum atomic E-state index is 12.4. The Labute approximate surface area is 130 Å². The molecule has 1 heterocycles. The number of rotatable bonds is 3. The fourth-order valence-corrected chi connectivity index (χ4v) is 2.35. The summed E-state index contributed by atoms with van der Waals surface area (Å²) in [4.78, 5) is 17.9. The Morgan fingerprint density at radius 1 is 1.45 bits per heavy atom. The highest BCUT2D eigenvalue weighted by Crippen LogP contribution is 2.18. The van der Waals surface area contributed by atoms with Crippen molar-refractivity contribution in [3.8, 4) is 0 Å². The summed E-state index contributed by atoms with van der Waals surface area (Å²) in [6, 6.07) is 9.05. The molecule has 0 bridgehead atoms. The highest BCUT2D eigenvalue weighted by atomic mass is 79.9. The van der Waals surface area contributed by atoms with E-state index in [1.54, 1.807) is 30.3 Å². The van der Waals surface area contributed by atoms with Crippen LogP contribution in [0, 0.1) is 0 Å². The van der Waals surface area contributed by atoms with Crippen molar-refractivity contribution in [2.45, 2.75) is 6.54 Å². The zero-order valence-electron chi connectivity index (χ0n) is 10.8. The molecule has 2 aromatic rings. The van der Waals surface area contributed by atoms with Crippen LogP contribution in [0.3, 0.4) is 0 Å². The molecule has 1 aromatic heterocycles. The van der Waals surface area contributed by atoms with Gasteiger partial charge in [-0.3, -0.25) is 4.79 Å². The minimum Gasteiger partial charge on any atom is -0.383 e. The number of hydrogen-bond donors (Lipinski definition) is 1. The lowest BCUT2D eigenvalue weighted by molar-refractivity contribution is 0.0785. The molecule has 0 aliphatic rings. The SMILES string of the molecule is CN(Cc1cccc(Cl)c1)C(=O)c1cc(Br)cnc1N. The summed E-state index contributed by atoms with van der Waals surface area (Å²) in [7, 11) is 1.71. The van der Waals surface area contributed by atoms with Gasteiger partial charge in [0.25, 0.3) is 5.91 Å². The third kappa shape index (κ3) is 3.49. The summed E-state index contributed by atoms with van der Waals surface area (Å²) in [5.41, 5.74) is 7.08. The van der Waals surface area contributed by atoms with E-state index in [2.05, 4.69) is 20.9 Å². The summed E-state index contributed by atoms with van der Waals surface area (Å²) in [5, 5.41) is 0.645. The molecule has 1 amide bonds. The number of amides is 1. The lowest BCUT2D eigenvalue weighted by Crippen LogP contribution is -2.27. The Balaban J connectivity index is 2.18. The number of carbonyl (C=O) groups is 1. The average Bonchev–Trinajstić information content (AvgIpc) is 2.40. The van der Waals surface area contributed by atoms with Crippen molar-refractivity contribution in [3.63, 3.8) is 0 Å². The highest BCUT2D eigenvalue weighted by Gasteiger charge is 2.16. The first kappa shape index (κ1) is 14.8. The van der Waals surface area contributed by atoms with Crippen LogP contribution in [-0.2, 0) is 6.54 Å². The van der Waals surface area contributed by atoms with Crippen molar-refractivity contribution in [1.29, 1.82) is 0 Å². The normalized spacial score (nSPS) is 10.3. The van der Waals surface area contributed by atoms with Crippen LogP contribution in [0.5, 0.6) is 0 Å². The van der Waals surface area contributed by atoms with E-state index in [4.69, 9.17) is 17.3 Å². The standard InChI is InChI=1S/C14H13BrClN3O/c1-19(8-9-3-2-4-11(16)5-9)14(20)12-6-10(15)7-18-13(12)17/h2-7H,8H2,1H3,(H2,17,18). The number of halogens is 2. The van der Waals surface area contributed by atoms with Gasteiger partial charge in [0, 0.05) is 29.3 Å². The molecule has 1 aromatic carbocycles. The maximum absolute atomic E-state index is 12.4. The van der Waals surface area contributed by atoms with E-state index in [1.165, 1.54) is 0 Å².